The van der Waals surface area contributed by atoms with Gasteiger partial charge >= 0.3 is 0 Å². The lowest BCUT2D eigenvalue weighted by Crippen LogP contribution is -2.27. The van der Waals surface area contributed by atoms with Crippen molar-refractivity contribution in [1.29, 1.82) is 0 Å². The van der Waals surface area contributed by atoms with Crippen LogP contribution in [0.4, 0.5) is 0 Å². The van der Waals surface area contributed by atoms with Gasteiger partial charge in [-0.15, -0.1) is 0 Å². The Hall–Kier alpha value is -1.44. The van der Waals surface area contributed by atoms with Crippen LogP contribution in [0.15, 0.2) is 29.2 Å². The first-order valence-electron chi connectivity index (χ1n) is 6.42. The molecular weight excluding hydrogens is 280 g/mol. The average Bonchev–Trinajstić information content (AvgIpc) is 3.23. The molecule has 1 amide bonds. The van der Waals surface area contributed by atoms with E-state index in [0.717, 1.165) is 12.8 Å². The van der Waals surface area contributed by atoms with E-state index in [2.05, 4.69) is 10.0 Å². The molecule has 110 valence electrons. The lowest BCUT2D eigenvalue weighted by atomic mass is 10.2. The summed E-state index contributed by atoms with van der Waals surface area (Å²) in [6, 6.07) is 6.17. The van der Waals surface area contributed by atoms with E-state index >= 15 is 0 Å². The lowest BCUT2D eigenvalue weighted by Gasteiger charge is -2.07. The van der Waals surface area contributed by atoms with Gasteiger partial charge in [0.1, 0.15) is 0 Å². The maximum absolute atomic E-state index is 11.9. The molecule has 2 N–H and O–H groups in total. The number of hydrogen-bond donors (Lipinski definition) is 2. The summed E-state index contributed by atoms with van der Waals surface area (Å²) in [5.41, 5.74) is 0.466. The zero-order valence-corrected chi connectivity index (χ0v) is 12.1. The smallest absolute Gasteiger partial charge is 0.251 e. The summed E-state index contributed by atoms with van der Waals surface area (Å²) in [6.45, 7) is 0.518. The second-order valence-corrected chi connectivity index (χ2v) is 6.43. The van der Waals surface area contributed by atoms with Crippen molar-refractivity contribution < 1.29 is 17.9 Å². The first kappa shape index (κ1) is 15.0. The summed E-state index contributed by atoms with van der Waals surface area (Å²) in [7, 11) is -2.05. The number of nitrogens with one attached hydrogen (secondary N) is 2. The molecule has 0 atom stereocenters. The fourth-order valence-electron chi connectivity index (χ4n) is 1.64. The minimum absolute atomic E-state index is 0.136. The molecule has 0 aromatic heterocycles. The van der Waals surface area contributed by atoms with Crippen LogP contribution in [0.3, 0.4) is 0 Å². The number of carbonyl (C=O) groups is 1. The van der Waals surface area contributed by atoms with Crippen molar-refractivity contribution in [3.05, 3.63) is 29.8 Å². The maximum atomic E-state index is 11.9. The van der Waals surface area contributed by atoms with Crippen LogP contribution in [0.25, 0.3) is 0 Å². The van der Waals surface area contributed by atoms with Crippen LogP contribution in [0.5, 0.6) is 0 Å². The highest BCUT2D eigenvalue weighted by atomic mass is 32.2. The largest absolute Gasteiger partial charge is 0.383 e. The Morgan fingerprint density at radius 1 is 1.30 bits per heavy atom. The fourth-order valence-corrected chi connectivity index (χ4v) is 2.66. The summed E-state index contributed by atoms with van der Waals surface area (Å²) < 4.78 is 31.0. The number of rotatable bonds is 7. The minimum atomic E-state index is -3.55. The molecule has 1 aliphatic carbocycles. The molecule has 0 radical (unpaired) electrons. The van der Waals surface area contributed by atoms with Crippen molar-refractivity contribution >= 4 is 15.9 Å². The Morgan fingerprint density at radius 2 is 1.95 bits per heavy atom. The Bertz CT molecular complexity index is 565. The number of amides is 1. The monoisotopic (exact) mass is 298 g/mol. The van der Waals surface area contributed by atoms with E-state index in [9.17, 15) is 13.2 Å². The number of methoxy groups -OCH3 is 1. The Kier molecular flexibility index (Phi) is 4.74. The summed E-state index contributed by atoms with van der Waals surface area (Å²) >= 11 is 0. The Morgan fingerprint density at radius 3 is 2.50 bits per heavy atom. The minimum Gasteiger partial charge on any atom is -0.383 e. The summed E-state index contributed by atoms with van der Waals surface area (Å²) in [6.07, 6.45) is 2.03. The topological polar surface area (TPSA) is 84.5 Å². The normalized spacial score (nSPS) is 15.1. The molecule has 6 nitrogen and oxygen atoms in total. The van der Waals surface area contributed by atoms with E-state index in [1.807, 2.05) is 0 Å². The lowest BCUT2D eigenvalue weighted by molar-refractivity contribution is 0.0951. The first-order valence-corrected chi connectivity index (χ1v) is 7.91. The van der Waals surface area contributed by atoms with E-state index < -0.39 is 10.0 Å². The zero-order chi connectivity index (χ0) is 14.6. The molecule has 1 saturated carbocycles. The average molecular weight is 298 g/mol. The third-order valence-electron chi connectivity index (χ3n) is 2.94. The van der Waals surface area contributed by atoms with Crippen molar-refractivity contribution in [2.24, 2.45) is 0 Å². The van der Waals surface area contributed by atoms with Gasteiger partial charge < -0.3 is 10.1 Å². The van der Waals surface area contributed by atoms with Gasteiger partial charge in [0.2, 0.25) is 10.0 Å². The predicted octanol–water partition coefficient (Wildman–Crippen LogP) is 0.503. The number of sulfonamides is 1. The van der Waals surface area contributed by atoms with E-state index in [0.29, 0.717) is 12.2 Å². The van der Waals surface area contributed by atoms with Gasteiger partial charge in [-0.1, -0.05) is 0 Å². The third-order valence-corrected chi connectivity index (χ3v) is 4.41. The second-order valence-electron chi connectivity index (χ2n) is 4.66. The number of ether oxygens (including phenoxy) is 1. The highest BCUT2D eigenvalue weighted by Crippen LogP contribution is 2.19. The van der Waals surface area contributed by atoms with Crippen LogP contribution >= 0.6 is 0 Å². The van der Waals surface area contributed by atoms with E-state index in [1.165, 1.54) is 31.4 Å². The standard InChI is InChI=1S/C13H18N2O4S/c1-19-9-8-14-20(17,18)12-6-2-10(3-7-12)13(16)15-11-4-5-11/h2-3,6-7,11,14H,4-5,8-9H2,1H3,(H,15,16). The van der Waals surface area contributed by atoms with Gasteiger partial charge in [0.15, 0.2) is 0 Å². The van der Waals surface area contributed by atoms with Crippen LogP contribution in [-0.4, -0.2) is 40.6 Å². The van der Waals surface area contributed by atoms with Gasteiger partial charge in [0.05, 0.1) is 11.5 Å². The molecule has 0 unspecified atom stereocenters. The zero-order valence-electron chi connectivity index (χ0n) is 11.3. The van der Waals surface area contributed by atoms with Gasteiger partial charge in [-0.3, -0.25) is 4.79 Å². The Balaban J connectivity index is 2.01. The van der Waals surface area contributed by atoms with Gasteiger partial charge in [0, 0.05) is 25.3 Å². The van der Waals surface area contributed by atoms with Gasteiger partial charge in [-0.2, -0.15) is 0 Å². The molecule has 0 heterocycles. The van der Waals surface area contributed by atoms with Gasteiger partial charge in [0.25, 0.3) is 5.91 Å². The molecule has 0 bridgehead atoms. The van der Waals surface area contributed by atoms with Crippen LogP contribution in [-0.2, 0) is 14.8 Å². The fraction of sp³-hybridized carbons (Fsp3) is 0.462. The van der Waals surface area contributed by atoms with E-state index in [4.69, 9.17) is 4.74 Å². The SMILES string of the molecule is COCCNS(=O)(=O)c1ccc(C(=O)NC2CC2)cc1. The highest BCUT2D eigenvalue weighted by molar-refractivity contribution is 7.89. The van der Waals surface area contributed by atoms with E-state index in [1.54, 1.807) is 0 Å². The molecule has 0 saturated heterocycles. The number of hydrogen-bond acceptors (Lipinski definition) is 4. The quantitative estimate of drug-likeness (QED) is 0.718. The molecule has 1 fully saturated rings. The molecule has 1 aromatic rings. The van der Waals surface area contributed by atoms with Crippen LogP contribution < -0.4 is 10.0 Å². The molecule has 0 aliphatic heterocycles. The van der Waals surface area contributed by atoms with Gasteiger partial charge in [-0.25, -0.2) is 13.1 Å². The Labute approximate surface area is 118 Å². The third kappa shape index (κ3) is 4.03. The van der Waals surface area contributed by atoms with Crippen LogP contribution in [0.1, 0.15) is 23.2 Å². The van der Waals surface area contributed by atoms with Crippen molar-refractivity contribution in [2.75, 3.05) is 20.3 Å². The predicted molar refractivity (Wildman–Crippen MR) is 74.0 cm³/mol. The molecule has 0 spiro atoms. The molecule has 1 aliphatic rings. The number of benzene rings is 1. The van der Waals surface area contributed by atoms with Gasteiger partial charge in [-0.05, 0) is 37.1 Å². The first-order chi connectivity index (χ1) is 9.53. The van der Waals surface area contributed by atoms with Crippen molar-refractivity contribution in [3.8, 4) is 0 Å². The highest BCUT2D eigenvalue weighted by Gasteiger charge is 2.24. The molecule has 2 rings (SSSR count). The van der Waals surface area contributed by atoms with Crippen LogP contribution in [0.2, 0.25) is 0 Å². The summed E-state index contributed by atoms with van der Waals surface area (Å²) in [5.74, 6) is -0.163. The van der Waals surface area contributed by atoms with E-state index in [-0.39, 0.29) is 23.4 Å². The number of carbonyl (C=O) groups excluding carboxylic acids is 1. The molecule has 7 heteroatoms. The molecular formula is C13H18N2O4S. The second kappa shape index (κ2) is 6.34. The van der Waals surface area contributed by atoms with Crippen LogP contribution in [0, 0.1) is 0 Å². The summed E-state index contributed by atoms with van der Waals surface area (Å²) in [4.78, 5) is 11.9. The van der Waals surface area contributed by atoms with Crippen molar-refractivity contribution in [2.45, 2.75) is 23.8 Å². The maximum Gasteiger partial charge on any atom is 0.251 e. The molecule has 20 heavy (non-hydrogen) atoms. The van der Waals surface area contributed by atoms with Crippen molar-refractivity contribution in [1.82, 2.24) is 10.0 Å². The molecule has 1 aromatic carbocycles. The summed E-state index contributed by atoms with van der Waals surface area (Å²) in [5, 5.41) is 2.85. The van der Waals surface area contributed by atoms with Crippen molar-refractivity contribution in [3.63, 3.8) is 0 Å².